The van der Waals surface area contributed by atoms with Crippen molar-refractivity contribution in [3.8, 4) is 17.0 Å². The number of likely N-dealkylation sites (tertiary alicyclic amines) is 1. The zero-order valence-corrected chi connectivity index (χ0v) is 17.0. The number of halogens is 1. The summed E-state index contributed by atoms with van der Waals surface area (Å²) in [4.78, 5) is 11.8. The first kappa shape index (κ1) is 18.9. The van der Waals surface area contributed by atoms with Crippen LogP contribution in [-0.4, -0.2) is 51.4 Å². The zero-order valence-electron chi connectivity index (χ0n) is 17.0. The number of aromatic nitrogens is 4. The third-order valence-electron chi connectivity index (χ3n) is 5.83. The SMILES string of the molecule is COc1ccc(-c2cnc3cc4cnn(CCN5CCCCC5)c4cc3n2)cc1F. The molecule has 0 atom stereocenters. The second-order valence-corrected chi connectivity index (χ2v) is 7.77. The second-order valence-electron chi connectivity index (χ2n) is 7.77. The number of hydrogen-bond donors (Lipinski definition) is 0. The Hall–Kier alpha value is -3.06. The minimum Gasteiger partial charge on any atom is -0.494 e. The smallest absolute Gasteiger partial charge is 0.165 e. The normalized spacial score (nSPS) is 15.1. The molecule has 4 aromatic rings. The van der Waals surface area contributed by atoms with Crippen LogP contribution in [0.3, 0.4) is 0 Å². The maximum absolute atomic E-state index is 14.1. The minimum absolute atomic E-state index is 0.215. The number of hydrogen-bond acceptors (Lipinski definition) is 5. The molecule has 5 rings (SSSR count). The fourth-order valence-corrected chi connectivity index (χ4v) is 4.15. The summed E-state index contributed by atoms with van der Waals surface area (Å²) in [5.41, 5.74) is 3.92. The fourth-order valence-electron chi connectivity index (χ4n) is 4.15. The Balaban J connectivity index is 1.46. The number of piperidine rings is 1. The van der Waals surface area contributed by atoms with Gasteiger partial charge in [-0.2, -0.15) is 5.10 Å². The Morgan fingerprint density at radius 3 is 2.67 bits per heavy atom. The highest BCUT2D eigenvalue weighted by Crippen LogP contribution is 2.26. The van der Waals surface area contributed by atoms with Crippen LogP contribution in [0.15, 0.2) is 42.7 Å². The molecule has 154 valence electrons. The maximum atomic E-state index is 14.1. The molecule has 6 nitrogen and oxygen atoms in total. The van der Waals surface area contributed by atoms with E-state index >= 15 is 0 Å². The van der Waals surface area contributed by atoms with E-state index in [1.807, 2.05) is 23.0 Å². The predicted molar refractivity (Wildman–Crippen MR) is 115 cm³/mol. The van der Waals surface area contributed by atoms with Gasteiger partial charge in [-0.3, -0.25) is 9.67 Å². The molecule has 1 saturated heterocycles. The summed E-state index contributed by atoms with van der Waals surface area (Å²) < 4.78 is 21.2. The van der Waals surface area contributed by atoms with E-state index in [2.05, 4.69) is 15.0 Å². The van der Waals surface area contributed by atoms with Crippen LogP contribution in [0, 0.1) is 5.82 Å². The van der Waals surface area contributed by atoms with Gasteiger partial charge < -0.3 is 9.64 Å². The van der Waals surface area contributed by atoms with Gasteiger partial charge >= 0.3 is 0 Å². The van der Waals surface area contributed by atoms with Crippen molar-refractivity contribution in [1.82, 2.24) is 24.6 Å². The van der Waals surface area contributed by atoms with Crippen molar-refractivity contribution >= 4 is 21.9 Å². The molecular weight excluding hydrogens is 381 g/mol. The van der Waals surface area contributed by atoms with Crippen LogP contribution in [0.4, 0.5) is 4.39 Å². The van der Waals surface area contributed by atoms with Gasteiger partial charge in [0.05, 0.1) is 48.3 Å². The molecule has 0 amide bonds. The number of nitrogens with zero attached hydrogens (tertiary/aromatic N) is 5. The summed E-state index contributed by atoms with van der Waals surface area (Å²) in [6, 6.07) is 8.87. The van der Waals surface area contributed by atoms with Crippen LogP contribution in [0.2, 0.25) is 0 Å². The third-order valence-corrected chi connectivity index (χ3v) is 5.83. The summed E-state index contributed by atoms with van der Waals surface area (Å²) in [7, 11) is 1.45. The standard InChI is InChI=1S/C23H24FN5O/c1-30-23-6-5-16(11-18(23)24)21-15-25-19-12-17-14-26-29(22(17)13-20(19)27-21)10-9-28-7-3-2-4-8-28/h5-6,11-15H,2-4,7-10H2,1H3. The van der Waals surface area contributed by atoms with Crippen molar-refractivity contribution in [1.29, 1.82) is 0 Å². The van der Waals surface area contributed by atoms with Gasteiger partial charge in [0.2, 0.25) is 0 Å². The Kier molecular flexibility index (Phi) is 5.04. The molecule has 3 heterocycles. The van der Waals surface area contributed by atoms with E-state index in [1.54, 1.807) is 18.3 Å². The molecule has 0 bridgehead atoms. The monoisotopic (exact) mass is 405 g/mol. The Morgan fingerprint density at radius 2 is 1.87 bits per heavy atom. The van der Waals surface area contributed by atoms with Gasteiger partial charge in [0.1, 0.15) is 0 Å². The maximum Gasteiger partial charge on any atom is 0.165 e. The highest BCUT2D eigenvalue weighted by Gasteiger charge is 2.13. The second kappa shape index (κ2) is 7.99. The summed E-state index contributed by atoms with van der Waals surface area (Å²) in [5, 5.41) is 5.64. The predicted octanol–water partition coefficient (Wildman–Crippen LogP) is 4.28. The van der Waals surface area contributed by atoms with Gasteiger partial charge in [-0.05, 0) is 56.3 Å². The van der Waals surface area contributed by atoms with Crippen LogP contribution in [0.1, 0.15) is 19.3 Å². The van der Waals surface area contributed by atoms with Gasteiger partial charge in [-0.25, -0.2) is 9.37 Å². The topological polar surface area (TPSA) is 56.1 Å². The molecule has 1 aliphatic heterocycles. The molecule has 1 fully saturated rings. The third kappa shape index (κ3) is 3.61. The molecule has 0 aliphatic carbocycles. The number of fused-ring (bicyclic) bond motifs is 2. The van der Waals surface area contributed by atoms with Gasteiger partial charge in [-0.1, -0.05) is 6.42 Å². The fraction of sp³-hybridized carbons (Fsp3) is 0.348. The number of methoxy groups -OCH3 is 1. The Morgan fingerprint density at radius 1 is 1.00 bits per heavy atom. The summed E-state index contributed by atoms with van der Waals surface area (Å²) in [6.07, 6.45) is 7.48. The van der Waals surface area contributed by atoms with E-state index < -0.39 is 5.82 Å². The lowest BCUT2D eigenvalue weighted by Crippen LogP contribution is -2.32. The molecule has 0 spiro atoms. The van der Waals surface area contributed by atoms with Crippen molar-refractivity contribution in [2.75, 3.05) is 26.7 Å². The molecule has 1 aliphatic rings. The number of ether oxygens (including phenoxy) is 1. The van der Waals surface area contributed by atoms with Gasteiger partial charge in [0, 0.05) is 17.5 Å². The first-order valence-corrected chi connectivity index (χ1v) is 10.4. The quantitative estimate of drug-likeness (QED) is 0.496. The highest BCUT2D eigenvalue weighted by molar-refractivity contribution is 5.93. The first-order chi connectivity index (χ1) is 14.7. The van der Waals surface area contributed by atoms with E-state index in [0.717, 1.165) is 35.0 Å². The van der Waals surface area contributed by atoms with Crippen molar-refractivity contribution in [2.45, 2.75) is 25.8 Å². The molecule has 2 aromatic carbocycles. The largest absolute Gasteiger partial charge is 0.494 e. The summed E-state index contributed by atoms with van der Waals surface area (Å²) >= 11 is 0. The van der Waals surface area contributed by atoms with Gasteiger partial charge in [0.25, 0.3) is 0 Å². The van der Waals surface area contributed by atoms with E-state index in [0.29, 0.717) is 11.3 Å². The lowest BCUT2D eigenvalue weighted by atomic mass is 10.1. The molecule has 0 unspecified atom stereocenters. The van der Waals surface area contributed by atoms with Crippen LogP contribution >= 0.6 is 0 Å². The van der Waals surface area contributed by atoms with Crippen LogP contribution in [0.5, 0.6) is 5.75 Å². The molecular formula is C23H24FN5O. The molecule has 2 aromatic heterocycles. The summed E-state index contributed by atoms with van der Waals surface area (Å²) in [6.45, 7) is 4.21. The zero-order chi connectivity index (χ0) is 20.5. The molecule has 0 N–H and O–H groups in total. The van der Waals surface area contributed by atoms with Crippen LogP contribution < -0.4 is 4.74 Å². The van der Waals surface area contributed by atoms with E-state index in [9.17, 15) is 4.39 Å². The average Bonchev–Trinajstić information content (AvgIpc) is 3.18. The van der Waals surface area contributed by atoms with Crippen LogP contribution in [0.25, 0.3) is 33.2 Å². The molecule has 0 radical (unpaired) electrons. The van der Waals surface area contributed by atoms with Crippen molar-refractivity contribution in [3.63, 3.8) is 0 Å². The highest BCUT2D eigenvalue weighted by atomic mass is 19.1. The number of rotatable bonds is 5. The van der Waals surface area contributed by atoms with Crippen LogP contribution in [-0.2, 0) is 6.54 Å². The van der Waals surface area contributed by atoms with E-state index in [1.165, 1.54) is 45.5 Å². The van der Waals surface area contributed by atoms with Crippen molar-refractivity contribution < 1.29 is 9.13 Å². The van der Waals surface area contributed by atoms with Crippen molar-refractivity contribution in [2.24, 2.45) is 0 Å². The first-order valence-electron chi connectivity index (χ1n) is 10.4. The minimum atomic E-state index is -0.414. The van der Waals surface area contributed by atoms with Gasteiger partial charge in [-0.15, -0.1) is 0 Å². The Labute approximate surface area is 174 Å². The Bertz CT molecular complexity index is 1200. The average molecular weight is 405 g/mol. The van der Waals surface area contributed by atoms with E-state index in [-0.39, 0.29) is 5.75 Å². The van der Waals surface area contributed by atoms with Crippen molar-refractivity contribution in [3.05, 3.63) is 48.5 Å². The molecule has 7 heteroatoms. The molecule has 0 saturated carbocycles. The number of benzene rings is 2. The lowest BCUT2D eigenvalue weighted by Gasteiger charge is -2.26. The lowest BCUT2D eigenvalue weighted by molar-refractivity contribution is 0.219. The van der Waals surface area contributed by atoms with E-state index in [4.69, 9.17) is 9.72 Å². The summed E-state index contributed by atoms with van der Waals surface area (Å²) in [5.74, 6) is -0.199. The molecule has 30 heavy (non-hydrogen) atoms. The van der Waals surface area contributed by atoms with Gasteiger partial charge in [0.15, 0.2) is 11.6 Å².